The highest BCUT2D eigenvalue weighted by Crippen LogP contribution is 2.20. The molecule has 1 unspecified atom stereocenters. The van der Waals surface area contributed by atoms with Crippen LogP contribution in [0.15, 0.2) is 18.2 Å². The SMILES string of the molecule is CSCCC(NN)c1cc(C)cc(C)c1. The molecule has 0 bridgehead atoms. The number of hydrogen-bond acceptors (Lipinski definition) is 3. The van der Waals surface area contributed by atoms with Gasteiger partial charge in [0.15, 0.2) is 0 Å². The average molecular weight is 224 g/mol. The standard InChI is InChI=1S/C12H20N2S/c1-9-6-10(2)8-11(7-9)12(14-13)4-5-15-3/h6-8,12,14H,4-5,13H2,1-3H3. The van der Waals surface area contributed by atoms with Crippen molar-refractivity contribution in [1.29, 1.82) is 0 Å². The normalized spacial score (nSPS) is 12.8. The van der Waals surface area contributed by atoms with Gasteiger partial charge in [-0.2, -0.15) is 11.8 Å². The van der Waals surface area contributed by atoms with E-state index >= 15 is 0 Å². The molecular weight excluding hydrogens is 204 g/mol. The van der Waals surface area contributed by atoms with Gasteiger partial charge in [-0.25, -0.2) is 0 Å². The highest BCUT2D eigenvalue weighted by atomic mass is 32.2. The molecule has 0 aliphatic carbocycles. The van der Waals surface area contributed by atoms with Crippen LogP contribution in [0.2, 0.25) is 0 Å². The van der Waals surface area contributed by atoms with Gasteiger partial charge in [0.05, 0.1) is 0 Å². The molecule has 0 heterocycles. The van der Waals surface area contributed by atoms with Crippen molar-refractivity contribution in [2.75, 3.05) is 12.0 Å². The van der Waals surface area contributed by atoms with E-state index in [1.807, 2.05) is 11.8 Å². The van der Waals surface area contributed by atoms with Gasteiger partial charge in [0, 0.05) is 6.04 Å². The largest absolute Gasteiger partial charge is 0.271 e. The first-order valence-corrected chi connectivity index (χ1v) is 6.60. The van der Waals surface area contributed by atoms with Gasteiger partial charge in [-0.05, 0) is 37.8 Å². The summed E-state index contributed by atoms with van der Waals surface area (Å²) < 4.78 is 0. The molecule has 0 aliphatic rings. The second-order valence-electron chi connectivity index (χ2n) is 3.92. The lowest BCUT2D eigenvalue weighted by molar-refractivity contribution is 0.542. The lowest BCUT2D eigenvalue weighted by Crippen LogP contribution is -2.28. The van der Waals surface area contributed by atoms with Gasteiger partial charge in [-0.3, -0.25) is 11.3 Å². The number of nitrogens with one attached hydrogen (secondary N) is 1. The summed E-state index contributed by atoms with van der Waals surface area (Å²) in [7, 11) is 0. The van der Waals surface area contributed by atoms with Crippen LogP contribution in [0.1, 0.15) is 29.2 Å². The van der Waals surface area contributed by atoms with E-state index < -0.39 is 0 Å². The first-order valence-electron chi connectivity index (χ1n) is 5.20. The van der Waals surface area contributed by atoms with E-state index in [1.165, 1.54) is 16.7 Å². The fraction of sp³-hybridized carbons (Fsp3) is 0.500. The van der Waals surface area contributed by atoms with Crippen LogP contribution in [0.25, 0.3) is 0 Å². The van der Waals surface area contributed by atoms with Crippen molar-refractivity contribution in [1.82, 2.24) is 5.43 Å². The predicted molar refractivity (Wildman–Crippen MR) is 69.0 cm³/mol. The molecule has 84 valence electrons. The third-order valence-electron chi connectivity index (χ3n) is 2.46. The lowest BCUT2D eigenvalue weighted by atomic mass is 10.0. The van der Waals surface area contributed by atoms with Gasteiger partial charge >= 0.3 is 0 Å². The van der Waals surface area contributed by atoms with Gasteiger partial charge in [0.1, 0.15) is 0 Å². The van der Waals surface area contributed by atoms with Crippen LogP contribution in [0.3, 0.4) is 0 Å². The highest BCUT2D eigenvalue weighted by molar-refractivity contribution is 7.98. The Kier molecular flexibility index (Phi) is 5.15. The fourth-order valence-corrected chi connectivity index (χ4v) is 2.26. The van der Waals surface area contributed by atoms with Crippen molar-refractivity contribution in [3.63, 3.8) is 0 Å². The maximum Gasteiger partial charge on any atom is 0.0468 e. The van der Waals surface area contributed by atoms with Crippen molar-refractivity contribution in [2.45, 2.75) is 26.3 Å². The quantitative estimate of drug-likeness (QED) is 0.596. The molecule has 0 aromatic heterocycles. The minimum Gasteiger partial charge on any atom is -0.271 e. The third-order valence-corrected chi connectivity index (χ3v) is 3.10. The summed E-state index contributed by atoms with van der Waals surface area (Å²) in [6.07, 6.45) is 3.19. The number of hydrogen-bond donors (Lipinski definition) is 2. The minimum atomic E-state index is 0.274. The zero-order valence-electron chi connectivity index (χ0n) is 9.71. The van der Waals surface area contributed by atoms with Crippen LogP contribution in [0.5, 0.6) is 0 Å². The zero-order valence-corrected chi connectivity index (χ0v) is 10.5. The average Bonchev–Trinajstić information content (AvgIpc) is 2.17. The monoisotopic (exact) mass is 224 g/mol. The summed E-state index contributed by atoms with van der Waals surface area (Å²) in [5, 5.41) is 0. The first kappa shape index (κ1) is 12.6. The molecular formula is C12H20N2S. The minimum absolute atomic E-state index is 0.274. The predicted octanol–water partition coefficient (Wildman–Crippen LogP) is 2.56. The number of hydrazine groups is 1. The van der Waals surface area contributed by atoms with Gasteiger partial charge < -0.3 is 0 Å². The van der Waals surface area contributed by atoms with Crippen molar-refractivity contribution in [3.8, 4) is 0 Å². The topological polar surface area (TPSA) is 38.0 Å². The summed E-state index contributed by atoms with van der Waals surface area (Å²) in [6, 6.07) is 6.87. The van der Waals surface area contributed by atoms with Crippen LogP contribution in [-0.4, -0.2) is 12.0 Å². The summed E-state index contributed by atoms with van der Waals surface area (Å²) in [6.45, 7) is 4.25. The zero-order chi connectivity index (χ0) is 11.3. The Morgan fingerprint density at radius 3 is 2.33 bits per heavy atom. The molecule has 3 N–H and O–H groups in total. The van der Waals surface area contributed by atoms with Crippen LogP contribution in [0, 0.1) is 13.8 Å². The molecule has 0 fully saturated rings. The van der Waals surface area contributed by atoms with Gasteiger partial charge in [-0.1, -0.05) is 29.3 Å². The Balaban J connectivity index is 2.81. The number of nitrogens with two attached hydrogens (primary N) is 1. The molecule has 0 saturated carbocycles. The van der Waals surface area contributed by atoms with Crippen LogP contribution in [0.4, 0.5) is 0 Å². The summed E-state index contributed by atoms with van der Waals surface area (Å²) in [5.74, 6) is 6.71. The van der Waals surface area contributed by atoms with Crippen molar-refractivity contribution < 1.29 is 0 Å². The Bertz CT molecular complexity index is 292. The second-order valence-corrected chi connectivity index (χ2v) is 4.91. The van der Waals surface area contributed by atoms with E-state index in [0.717, 1.165) is 12.2 Å². The molecule has 1 aromatic carbocycles. The van der Waals surface area contributed by atoms with Gasteiger partial charge in [0.2, 0.25) is 0 Å². The van der Waals surface area contributed by atoms with Crippen molar-refractivity contribution >= 4 is 11.8 Å². The molecule has 3 heteroatoms. The molecule has 1 aromatic rings. The molecule has 2 nitrogen and oxygen atoms in total. The van der Waals surface area contributed by atoms with Crippen LogP contribution < -0.4 is 11.3 Å². The third kappa shape index (κ3) is 3.86. The molecule has 0 spiro atoms. The maximum atomic E-state index is 5.59. The molecule has 0 aliphatic heterocycles. The number of benzene rings is 1. The molecule has 0 amide bonds. The van der Waals surface area contributed by atoms with E-state index in [0.29, 0.717) is 0 Å². The van der Waals surface area contributed by atoms with E-state index in [2.05, 4.69) is 43.7 Å². The summed E-state index contributed by atoms with van der Waals surface area (Å²) >= 11 is 1.85. The second kappa shape index (κ2) is 6.16. The molecule has 0 radical (unpaired) electrons. The van der Waals surface area contributed by atoms with Crippen molar-refractivity contribution in [3.05, 3.63) is 34.9 Å². The Hall–Kier alpha value is -0.510. The number of rotatable bonds is 5. The van der Waals surface area contributed by atoms with Crippen LogP contribution in [-0.2, 0) is 0 Å². The number of thioether (sulfide) groups is 1. The summed E-state index contributed by atoms with van der Waals surface area (Å²) in [5.41, 5.74) is 6.79. The lowest BCUT2D eigenvalue weighted by Gasteiger charge is -2.17. The molecule has 1 rings (SSSR count). The van der Waals surface area contributed by atoms with Crippen LogP contribution >= 0.6 is 11.8 Å². The highest BCUT2D eigenvalue weighted by Gasteiger charge is 2.09. The molecule has 1 atom stereocenters. The smallest absolute Gasteiger partial charge is 0.0468 e. The molecule has 0 saturated heterocycles. The van der Waals surface area contributed by atoms with Crippen molar-refractivity contribution in [2.24, 2.45) is 5.84 Å². The Labute approximate surface area is 96.6 Å². The van der Waals surface area contributed by atoms with E-state index in [9.17, 15) is 0 Å². The summed E-state index contributed by atoms with van der Waals surface area (Å²) in [4.78, 5) is 0. The fourth-order valence-electron chi connectivity index (χ4n) is 1.79. The molecule has 15 heavy (non-hydrogen) atoms. The van der Waals surface area contributed by atoms with E-state index in [4.69, 9.17) is 5.84 Å². The first-order chi connectivity index (χ1) is 7.17. The maximum absolute atomic E-state index is 5.59. The van der Waals surface area contributed by atoms with E-state index in [1.54, 1.807) is 0 Å². The van der Waals surface area contributed by atoms with E-state index in [-0.39, 0.29) is 6.04 Å². The van der Waals surface area contributed by atoms with Gasteiger partial charge in [-0.15, -0.1) is 0 Å². The Morgan fingerprint density at radius 1 is 1.27 bits per heavy atom. The van der Waals surface area contributed by atoms with Gasteiger partial charge in [0.25, 0.3) is 0 Å². The number of aryl methyl sites for hydroxylation is 2. The Morgan fingerprint density at radius 2 is 1.87 bits per heavy atom.